The van der Waals surface area contributed by atoms with Gasteiger partial charge in [0.15, 0.2) is 5.69 Å². The summed E-state index contributed by atoms with van der Waals surface area (Å²) in [6, 6.07) is 11.4. The third-order valence-electron chi connectivity index (χ3n) is 5.18. The first-order chi connectivity index (χ1) is 14.4. The van der Waals surface area contributed by atoms with E-state index >= 15 is 0 Å². The van der Waals surface area contributed by atoms with Gasteiger partial charge in [-0.2, -0.15) is 5.10 Å². The number of rotatable bonds is 4. The van der Waals surface area contributed by atoms with Crippen molar-refractivity contribution in [2.24, 2.45) is 7.05 Å². The number of hydrogen-bond donors (Lipinski definition) is 1. The smallest absolute Gasteiger partial charge is 0.272 e. The standard InChI is InChI=1S/C22H20F2N4O2/c1-27-19-9-10-28(22(30)15-3-2-4-17(24)11-15)13-18(19)20(26-27)21(29)25-12-14-5-7-16(23)8-6-14/h2-8,11H,9-10,12-13H2,1H3,(H,25,29). The number of nitrogens with zero attached hydrogens (tertiary/aromatic N) is 3. The van der Waals surface area contributed by atoms with E-state index in [0.29, 0.717) is 18.5 Å². The predicted molar refractivity (Wildman–Crippen MR) is 106 cm³/mol. The van der Waals surface area contributed by atoms with Gasteiger partial charge in [-0.3, -0.25) is 14.3 Å². The van der Waals surface area contributed by atoms with Gasteiger partial charge in [0.05, 0.1) is 6.54 Å². The molecular formula is C22H20F2N4O2. The van der Waals surface area contributed by atoms with Gasteiger partial charge in [-0.1, -0.05) is 18.2 Å². The van der Waals surface area contributed by atoms with E-state index in [1.165, 1.54) is 30.3 Å². The molecule has 8 heteroatoms. The van der Waals surface area contributed by atoms with Crippen LogP contribution >= 0.6 is 0 Å². The quantitative estimate of drug-likeness (QED) is 0.719. The van der Waals surface area contributed by atoms with Gasteiger partial charge >= 0.3 is 0 Å². The van der Waals surface area contributed by atoms with E-state index in [9.17, 15) is 18.4 Å². The first-order valence-electron chi connectivity index (χ1n) is 9.54. The number of aromatic nitrogens is 2. The van der Waals surface area contributed by atoms with Crippen LogP contribution in [0.3, 0.4) is 0 Å². The molecule has 0 atom stereocenters. The number of aryl methyl sites for hydroxylation is 1. The molecule has 2 amide bonds. The summed E-state index contributed by atoms with van der Waals surface area (Å²) in [5.74, 6) is -1.47. The number of hydrogen-bond acceptors (Lipinski definition) is 3. The Hall–Kier alpha value is -3.55. The third-order valence-corrected chi connectivity index (χ3v) is 5.18. The lowest BCUT2D eigenvalue weighted by Gasteiger charge is -2.27. The summed E-state index contributed by atoms with van der Waals surface area (Å²) < 4.78 is 28.2. The summed E-state index contributed by atoms with van der Waals surface area (Å²) in [4.78, 5) is 27.1. The van der Waals surface area contributed by atoms with E-state index in [4.69, 9.17) is 0 Å². The molecular weight excluding hydrogens is 390 g/mol. The summed E-state index contributed by atoms with van der Waals surface area (Å²) in [5.41, 5.74) is 2.86. The lowest BCUT2D eigenvalue weighted by Crippen LogP contribution is -2.37. The predicted octanol–water partition coefficient (Wildman–Crippen LogP) is 2.83. The van der Waals surface area contributed by atoms with Crippen LogP contribution < -0.4 is 5.32 Å². The zero-order chi connectivity index (χ0) is 21.3. The van der Waals surface area contributed by atoms with Gasteiger partial charge in [0.2, 0.25) is 0 Å². The molecule has 0 fully saturated rings. The molecule has 30 heavy (non-hydrogen) atoms. The van der Waals surface area contributed by atoms with Gasteiger partial charge in [-0.15, -0.1) is 0 Å². The molecule has 0 unspecified atom stereocenters. The van der Waals surface area contributed by atoms with Crippen LogP contribution in [0.2, 0.25) is 0 Å². The molecule has 1 aromatic heterocycles. The van der Waals surface area contributed by atoms with Crippen molar-refractivity contribution in [3.8, 4) is 0 Å². The average Bonchev–Trinajstić information content (AvgIpc) is 3.08. The van der Waals surface area contributed by atoms with Crippen LogP contribution in [0.15, 0.2) is 48.5 Å². The average molecular weight is 410 g/mol. The Balaban J connectivity index is 1.51. The van der Waals surface area contributed by atoms with Gasteiger partial charge in [0, 0.05) is 43.4 Å². The van der Waals surface area contributed by atoms with E-state index in [-0.39, 0.29) is 42.0 Å². The maximum absolute atomic E-state index is 13.5. The molecule has 0 bridgehead atoms. The van der Waals surface area contributed by atoms with Gasteiger partial charge in [-0.05, 0) is 35.9 Å². The van der Waals surface area contributed by atoms with Crippen LogP contribution in [0.1, 0.15) is 37.7 Å². The van der Waals surface area contributed by atoms with Crippen molar-refractivity contribution in [1.82, 2.24) is 20.0 Å². The molecule has 0 radical (unpaired) electrons. The molecule has 6 nitrogen and oxygen atoms in total. The highest BCUT2D eigenvalue weighted by atomic mass is 19.1. The SMILES string of the molecule is Cn1nc(C(=O)NCc2ccc(F)cc2)c2c1CCN(C(=O)c1cccc(F)c1)C2. The molecule has 0 saturated carbocycles. The Morgan fingerprint density at radius 3 is 2.60 bits per heavy atom. The molecule has 0 saturated heterocycles. The number of nitrogens with one attached hydrogen (secondary N) is 1. The Bertz CT molecular complexity index is 1110. The lowest BCUT2D eigenvalue weighted by atomic mass is 10.0. The Morgan fingerprint density at radius 2 is 1.87 bits per heavy atom. The minimum absolute atomic E-state index is 0.220. The number of halogens is 2. The maximum Gasteiger partial charge on any atom is 0.272 e. The summed E-state index contributed by atoms with van der Waals surface area (Å²) in [6.45, 7) is 0.909. The van der Waals surface area contributed by atoms with E-state index in [1.54, 1.807) is 34.8 Å². The van der Waals surface area contributed by atoms with Crippen LogP contribution in [-0.4, -0.2) is 33.0 Å². The molecule has 3 aromatic rings. The molecule has 0 spiro atoms. The molecule has 2 heterocycles. The normalized spacial score (nSPS) is 13.1. The molecule has 154 valence electrons. The third kappa shape index (κ3) is 3.94. The highest BCUT2D eigenvalue weighted by Crippen LogP contribution is 2.24. The first kappa shape index (κ1) is 19.8. The van der Waals surface area contributed by atoms with Crippen LogP contribution in [0, 0.1) is 11.6 Å². The summed E-state index contributed by atoms with van der Waals surface area (Å²) in [5, 5.41) is 7.14. The van der Waals surface area contributed by atoms with Crippen LogP contribution in [0.25, 0.3) is 0 Å². The highest BCUT2D eigenvalue weighted by Gasteiger charge is 2.29. The fourth-order valence-electron chi connectivity index (χ4n) is 3.62. The second kappa shape index (κ2) is 8.06. The second-order valence-electron chi connectivity index (χ2n) is 7.19. The zero-order valence-electron chi connectivity index (χ0n) is 16.4. The van der Waals surface area contributed by atoms with Crippen molar-refractivity contribution in [2.45, 2.75) is 19.5 Å². The maximum atomic E-state index is 13.5. The van der Waals surface area contributed by atoms with E-state index in [0.717, 1.165) is 11.3 Å². The number of carbonyl (C=O) groups excluding carboxylic acids is 2. The number of amides is 2. The van der Waals surface area contributed by atoms with Crippen molar-refractivity contribution in [2.75, 3.05) is 6.54 Å². The molecule has 1 aliphatic heterocycles. The Kier molecular flexibility index (Phi) is 5.31. The van der Waals surface area contributed by atoms with Crippen molar-refractivity contribution >= 4 is 11.8 Å². The summed E-state index contributed by atoms with van der Waals surface area (Å²) in [7, 11) is 1.76. The monoisotopic (exact) mass is 410 g/mol. The molecule has 4 rings (SSSR count). The van der Waals surface area contributed by atoms with Gasteiger partial charge in [0.1, 0.15) is 11.6 Å². The molecule has 1 aliphatic rings. The van der Waals surface area contributed by atoms with Crippen molar-refractivity contribution in [3.63, 3.8) is 0 Å². The number of benzene rings is 2. The van der Waals surface area contributed by atoms with Gasteiger partial charge in [0.25, 0.3) is 11.8 Å². The topological polar surface area (TPSA) is 67.2 Å². The second-order valence-corrected chi connectivity index (χ2v) is 7.19. The molecule has 1 N–H and O–H groups in total. The minimum atomic E-state index is -0.471. The van der Waals surface area contributed by atoms with Crippen LogP contribution in [-0.2, 0) is 26.6 Å². The summed E-state index contributed by atoms with van der Waals surface area (Å²) in [6.07, 6.45) is 0.547. The highest BCUT2D eigenvalue weighted by molar-refractivity contribution is 5.96. The van der Waals surface area contributed by atoms with E-state index in [2.05, 4.69) is 10.4 Å². The number of fused-ring (bicyclic) bond motifs is 1. The molecule has 2 aromatic carbocycles. The summed E-state index contributed by atoms with van der Waals surface area (Å²) >= 11 is 0. The van der Waals surface area contributed by atoms with Crippen LogP contribution in [0.5, 0.6) is 0 Å². The fourth-order valence-corrected chi connectivity index (χ4v) is 3.62. The van der Waals surface area contributed by atoms with E-state index in [1.807, 2.05) is 0 Å². The first-order valence-corrected chi connectivity index (χ1v) is 9.54. The van der Waals surface area contributed by atoms with Crippen molar-refractivity contribution in [3.05, 3.63) is 88.2 Å². The fraction of sp³-hybridized carbons (Fsp3) is 0.227. The van der Waals surface area contributed by atoms with Gasteiger partial charge < -0.3 is 10.2 Å². The Labute approximate surface area is 172 Å². The zero-order valence-corrected chi connectivity index (χ0v) is 16.4. The number of carbonyl (C=O) groups is 2. The minimum Gasteiger partial charge on any atom is -0.347 e. The lowest BCUT2D eigenvalue weighted by molar-refractivity contribution is 0.0730. The van der Waals surface area contributed by atoms with Gasteiger partial charge in [-0.25, -0.2) is 8.78 Å². The van der Waals surface area contributed by atoms with Crippen molar-refractivity contribution in [1.29, 1.82) is 0 Å². The van der Waals surface area contributed by atoms with Crippen molar-refractivity contribution < 1.29 is 18.4 Å². The van der Waals surface area contributed by atoms with Crippen LogP contribution in [0.4, 0.5) is 8.78 Å². The Morgan fingerprint density at radius 1 is 1.10 bits per heavy atom. The largest absolute Gasteiger partial charge is 0.347 e. The van der Waals surface area contributed by atoms with E-state index < -0.39 is 5.82 Å². The molecule has 0 aliphatic carbocycles.